The van der Waals surface area contributed by atoms with Crippen LogP contribution in [0.4, 0.5) is 15.9 Å². The molecule has 13 heteroatoms. The predicted octanol–water partition coefficient (Wildman–Crippen LogP) is 2.14. The molecule has 1 saturated heterocycles. The molecule has 2 aromatic rings. The first kappa shape index (κ1) is 21.6. The zero-order chi connectivity index (χ0) is 22.0. The lowest BCUT2D eigenvalue weighted by Crippen LogP contribution is -2.49. The number of nitrogens with zero attached hydrogens (tertiary/aromatic N) is 6. The van der Waals surface area contributed by atoms with Gasteiger partial charge in [-0.15, -0.1) is 0 Å². The Morgan fingerprint density at radius 3 is 2.40 bits per heavy atom. The number of aromatic nitrogens is 2. The molecule has 1 aromatic carbocycles. The first-order chi connectivity index (χ1) is 14.2. The lowest BCUT2D eigenvalue weighted by molar-refractivity contribution is -0.424. The molecule has 1 amide bonds. The van der Waals surface area contributed by atoms with Crippen molar-refractivity contribution in [2.45, 2.75) is 20.0 Å². The second-order valence-corrected chi connectivity index (χ2v) is 7.23. The van der Waals surface area contributed by atoms with Crippen LogP contribution < -0.4 is 0 Å². The van der Waals surface area contributed by atoms with Gasteiger partial charge in [0.1, 0.15) is 18.1 Å². The standard InChI is InChI=1S/C17H18ClFN6O5/c1-11-16(24(27)28)17(25(29)30)20-23(11)10-15(26)22-6-4-21(5-7-22)9-12-2-3-13(19)8-14(12)18/h2-3,8H,4-7,9-10H2,1H3. The van der Waals surface area contributed by atoms with E-state index < -0.39 is 27.2 Å². The van der Waals surface area contributed by atoms with E-state index in [1.54, 1.807) is 11.0 Å². The Kier molecular flexibility index (Phi) is 6.27. The Morgan fingerprint density at radius 1 is 1.20 bits per heavy atom. The van der Waals surface area contributed by atoms with Gasteiger partial charge in [0.05, 0.1) is 10.0 Å². The molecule has 0 bridgehead atoms. The maximum absolute atomic E-state index is 13.2. The Bertz CT molecular complexity index is 1000. The number of nitro groups is 2. The van der Waals surface area contributed by atoms with Gasteiger partial charge in [-0.3, -0.25) is 19.8 Å². The quantitative estimate of drug-likeness (QED) is 0.497. The first-order valence-electron chi connectivity index (χ1n) is 8.97. The van der Waals surface area contributed by atoms with Crippen molar-refractivity contribution in [1.82, 2.24) is 19.6 Å². The third-order valence-electron chi connectivity index (χ3n) is 4.93. The Labute approximate surface area is 174 Å². The Balaban J connectivity index is 1.61. The van der Waals surface area contributed by atoms with Crippen molar-refractivity contribution in [3.05, 3.63) is 60.5 Å². The molecule has 0 saturated carbocycles. The SMILES string of the molecule is Cc1c([N+](=O)[O-])c([N+](=O)[O-])nn1CC(=O)N1CCN(Cc2ccc(F)cc2Cl)CC1. The van der Waals surface area contributed by atoms with Crippen LogP contribution in [0, 0.1) is 33.0 Å². The smallest absolute Gasteiger partial charge is 0.358 e. The van der Waals surface area contributed by atoms with Crippen LogP contribution in [0.15, 0.2) is 18.2 Å². The van der Waals surface area contributed by atoms with Gasteiger partial charge >= 0.3 is 11.5 Å². The van der Waals surface area contributed by atoms with E-state index >= 15 is 0 Å². The number of halogens is 2. The van der Waals surface area contributed by atoms with Crippen molar-refractivity contribution in [3.8, 4) is 0 Å². The van der Waals surface area contributed by atoms with Crippen molar-refractivity contribution in [2.75, 3.05) is 26.2 Å². The summed E-state index contributed by atoms with van der Waals surface area (Å²) in [6, 6.07) is 4.21. The summed E-state index contributed by atoms with van der Waals surface area (Å²) in [7, 11) is 0. The highest BCUT2D eigenvalue weighted by atomic mass is 35.5. The molecular weight excluding hydrogens is 423 g/mol. The third kappa shape index (κ3) is 4.54. The van der Waals surface area contributed by atoms with Crippen LogP contribution in [0.1, 0.15) is 11.3 Å². The Morgan fingerprint density at radius 2 is 1.87 bits per heavy atom. The summed E-state index contributed by atoms with van der Waals surface area (Å²) in [5, 5.41) is 26.1. The fourth-order valence-electron chi connectivity index (χ4n) is 3.29. The van der Waals surface area contributed by atoms with E-state index in [0.29, 0.717) is 37.7 Å². The van der Waals surface area contributed by atoms with E-state index in [1.165, 1.54) is 19.1 Å². The monoisotopic (exact) mass is 440 g/mol. The van der Waals surface area contributed by atoms with Gasteiger partial charge in [0.25, 0.3) is 0 Å². The third-order valence-corrected chi connectivity index (χ3v) is 5.28. The summed E-state index contributed by atoms with van der Waals surface area (Å²) in [5.41, 5.74) is 0.0167. The van der Waals surface area contributed by atoms with Crippen LogP contribution >= 0.6 is 11.6 Å². The summed E-state index contributed by atoms with van der Waals surface area (Å²) in [5.74, 6) is -1.63. The van der Waals surface area contributed by atoms with Crippen LogP contribution in [0.5, 0.6) is 0 Å². The van der Waals surface area contributed by atoms with Crippen LogP contribution in [-0.2, 0) is 17.9 Å². The summed E-state index contributed by atoms with van der Waals surface area (Å²) in [6.45, 7) is 3.41. The highest BCUT2D eigenvalue weighted by Crippen LogP contribution is 2.29. The van der Waals surface area contributed by atoms with E-state index in [1.807, 2.05) is 0 Å². The molecule has 1 fully saturated rings. The molecule has 0 aliphatic carbocycles. The van der Waals surface area contributed by atoms with Crippen molar-refractivity contribution in [1.29, 1.82) is 0 Å². The summed E-state index contributed by atoms with van der Waals surface area (Å²) in [6.07, 6.45) is 0. The number of piperazine rings is 1. The molecule has 1 aliphatic heterocycles. The van der Waals surface area contributed by atoms with Crippen molar-refractivity contribution < 1.29 is 19.0 Å². The lowest BCUT2D eigenvalue weighted by atomic mass is 10.2. The highest BCUT2D eigenvalue weighted by Gasteiger charge is 2.36. The summed E-state index contributed by atoms with van der Waals surface area (Å²) < 4.78 is 14.2. The fourth-order valence-corrected chi connectivity index (χ4v) is 3.51. The van der Waals surface area contributed by atoms with E-state index in [-0.39, 0.29) is 18.1 Å². The van der Waals surface area contributed by atoms with E-state index in [9.17, 15) is 29.4 Å². The number of rotatable bonds is 6. The first-order valence-corrected chi connectivity index (χ1v) is 9.35. The van der Waals surface area contributed by atoms with Gasteiger partial charge < -0.3 is 15.0 Å². The lowest BCUT2D eigenvalue weighted by Gasteiger charge is -2.34. The fraction of sp³-hybridized carbons (Fsp3) is 0.412. The molecule has 0 N–H and O–H groups in total. The van der Waals surface area contributed by atoms with Gasteiger partial charge in [0, 0.05) is 37.7 Å². The minimum absolute atomic E-state index is 0.0513. The Hall–Kier alpha value is -3.12. The number of amides is 1. The number of benzene rings is 1. The van der Waals surface area contributed by atoms with Crippen molar-refractivity contribution >= 4 is 29.0 Å². The van der Waals surface area contributed by atoms with Crippen molar-refractivity contribution in [3.63, 3.8) is 0 Å². The average molecular weight is 441 g/mol. The van der Waals surface area contributed by atoms with E-state index in [0.717, 1.165) is 10.2 Å². The van der Waals surface area contributed by atoms with E-state index in [2.05, 4.69) is 10.00 Å². The second-order valence-electron chi connectivity index (χ2n) is 6.82. The van der Waals surface area contributed by atoms with Gasteiger partial charge in [0.15, 0.2) is 0 Å². The van der Waals surface area contributed by atoms with E-state index in [4.69, 9.17) is 11.6 Å². The van der Waals surface area contributed by atoms with Gasteiger partial charge in [-0.2, -0.15) is 4.68 Å². The normalized spacial score (nSPS) is 14.7. The maximum atomic E-state index is 13.2. The summed E-state index contributed by atoms with van der Waals surface area (Å²) >= 11 is 6.06. The second kappa shape index (κ2) is 8.71. The topological polar surface area (TPSA) is 128 Å². The van der Waals surface area contributed by atoms with Crippen LogP contribution in [0.25, 0.3) is 0 Å². The van der Waals surface area contributed by atoms with Crippen molar-refractivity contribution in [2.24, 2.45) is 0 Å². The maximum Gasteiger partial charge on any atom is 0.468 e. The average Bonchev–Trinajstić information content (AvgIpc) is 3.01. The minimum Gasteiger partial charge on any atom is -0.358 e. The molecule has 30 heavy (non-hydrogen) atoms. The van der Waals surface area contributed by atoms with Crippen LogP contribution in [0.3, 0.4) is 0 Å². The van der Waals surface area contributed by atoms with Crippen LogP contribution in [0.2, 0.25) is 5.02 Å². The molecule has 2 heterocycles. The number of carbonyl (C=O) groups excluding carboxylic acids is 1. The molecule has 0 atom stereocenters. The molecule has 0 unspecified atom stereocenters. The molecule has 1 aromatic heterocycles. The van der Waals surface area contributed by atoms with Gasteiger partial charge in [-0.05, 0) is 29.5 Å². The predicted molar refractivity (Wildman–Crippen MR) is 104 cm³/mol. The molecule has 3 rings (SSSR count). The molecule has 11 nitrogen and oxygen atoms in total. The molecule has 0 radical (unpaired) electrons. The molecule has 160 valence electrons. The number of carbonyl (C=O) groups is 1. The zero-order valence-corrected chi connectivity index (χ0v) is 16.7. The van der Waals surface area contributed by atoms with Crippen LogP contribution in [-0.4, -0.2) is 61.5 Å². The number of hydrogen-bond donors (Lipinski definition) is 0. The zero-order valence-electron chi connectivity index (χ0n) is 16.0. The van der Waals surface area contributed by atoms with Gasteiger partial charge in [-0.25, -0.2) is 4.39 Å². The van der Waals surface area contributed by atoms with Gasteiger partial charge in [-0.1, -0.05) is 17.7 Å². The molecule has 1 aliphatic rings. The largest absolute Gasteiger partial charge is 0.468 e. The summed E-state index contributed by atoms with van der Waals surface area (Å²) in [4.78, 5) is 36.5. The minimum atomic E-state index is -0.939. The molecule has 0 spiro atoms. The molecular formula is C17H18ClFN6O5. The highest BCUT2D eigenvalue weighted by molar-refractivity contribution is 6.31. The number of hydrogen-bond acceptors (Lipinski definition) is 7. The van der Waals surface area contributed by atoms with Gasteiger partial charge in [0.2, 0.25) is 5.91 Å².